The van der Waals surface area contributed by atoms with E-state index in [0.717, 1.165) is 5.56 Å². The number of aliphatic hydroxyl groups is 1. The lowest BCUT2D eigenvalue weighted by molar-refractivity contribution is -0.136. The molecule has 0 unspecified atom stereocenters. The molecule has 7 nitrogen and oxygen atoms in total. The number of amides is 1. The fourth-order valence-electron chi connectivity index (χ4n) is 3.74. The van der Waals surface area contributed by atoms with Gasteiger partial charge in [0.05, 0.1) is 18.9 Å². The molecule has 0 aliphatic carbocycles. The number of ether oxygens (including phenoxy) is 2. The number of hydrogen-bond donors (Lipinski definition) is 2. The second-order valence-electron chi connectivity index (χ2n) is 8.19. The van der Waals surface area contributed by atoms with E-state index >= 15 is 0 Å². The highest BCUT2D eigenvalue weighted by atomic mass is 16.5. The first-order valence-corrected chi connectivity index (χ1v) is 11.6. The Bertz CT molecular complexity index is 1330. The molecule has 37 heavy (non-hydrogen) atoms. The van der Waals surface area contributed by atoms with Gasteiger partial charge in [-0.1, -0.05) is 84.9 Å². The van der Waals surface area contributed by atoms with Crippen molar-refractivity contribution in [2.24, 2.45) is 5.10 Å². The molecule has 0 radical (unpaired) electrons. The highest BCUT2D eigenvalue weighted by Crippen LogP contribution is 2.29. The quantitative estimate of drug-likeness (QED) is 0.204. The van der Waals surface area contributed by atoms with Gasteiger partial charge in [0.15, 0.2) is 5.60 Å². The molecule has 0 aliphatic heterocycles. The Morgan fingerprint density at radius 1 is 0.865 bits per heavy atom. The number of hydrogen-bond acceptors (Lipinski definition) is 6. The Morgan fingerprint density at radius 3 is 2.08 bits per heavy atom. The van der Waals surface area contributed by atoms with Crippen LogP contribution in [0.2, 0.25) is 0 Å². The molecule has 0 spiro atoms. The summed E-state index contributed by atoms with van der Waals surface area (Å²) < 4.78 is 10.6. The van der Waals surface area contributed by atoms with Crippen LogP contribution in [0, 0.1) is 0 Å². The van der Waals surface area contributed by atoms with Crippen molar-refractivity contribution in [3.63, 3.8) is 0 Å². The van der Waals surface area contributed by atoms with E-state index in [2.05, 4.69) is 10.5 Å². The van der Waals surface area contributed by atoms with Gasteiger partial charge in [0, 0.05) is 0 Å². The van der Waals surface area contributed by atoms with Crippen LogP contribution in [0.4, 0.5) is 0 Å². The predicted octanol–water partition coefficient (Wildman–Crippen LogP) is 4.44. The number of carbonyl (C=O) groups excluding carboxylic acids is 2. The standard InChI is InChI=1S/C30H26N2O5/c1-36-28(33)24-17-15-22(16-18-24)21-37-27-14-8-9-23(19-27)20-31-32-29(34)30(35,25-10-4-2-5-11-25)26-12-6-3-7-13-26/h2-20,35H,21H2,1H3,(H,32,34). The molecule has 0 saturated carbocycles. The second-order valence-corrected chi connectivity index (χ2v) is 8.19. The molecule has 0 bridgehead atoms. The molecule has 0 aliphatic rings. The van der Waals surface area contributed by atoms with Crippen molar-refractivity contribution < 1.29 is 24.2 Å². The van der Waals surface area contributed by atoms with Crippen LogP contribution in [0.5, 0.6) is 5.75 Å². The zero-order chi connectivity index (χ0) is 26.1. The van der Waals surface area contributed by atoms with Gasteiger partial charge in [0.1, 0.15) is 12.4 Å². The van der Waals surface area contributed by atoms with Crippen LogP contribution in [-0.4, -0.2) is 30.3 Å². The molecule has 7 heteroatoms. The number of methoxy groups -OCH3 is 1. The summed E-state index contributed by atoms with van der Waals surface area (Å²) in [5.41, 5.74) is 3.48. The highest BCUT2D eigenvalue weighted by molar-refractivity contribution is 5.91. The fourth-order valence-corrected chi connectivity index (χ4v) is 3.74. The molecule has 2 N–H and O–H groups in total. The minimum atomic E-state index is -1.91. The average Bonchev–Trinajstić information content (AvgIpc) is 2.96. The van der Waals surface area contributed by atoms with E-state index in [0.29, 0.717) is 34.6 Å². The summed E-state index contributed by atoms with van der Waals surface area (Å²) in [7, 11) is 1.34. The lowest BCUT2D eigenvalue weighted by atomic mass is 9.85. The van der Waals surface area contributed by atoms with Crippen molar-refractivity contribution in [2.75, 3.05) is 7.11 Å². The van der Waals surface area contributed by atoms with Crippen LogP contribution in [0.25, 0.3) is 0 Å². The first kappa shape index (κ1) is 25.3. The molecule has 1 amide bonds. The van der Waals surface area contributed by atoms with Crippen molar-refractivity contribution in [1.29, 1.82) is 0 Å². The number of hydrazone groups is 1. The summed E-state index contributed by atoms with van der Waals surface area (Å²) >= 11 is 0. The van der Waals surface area contributed by atoms with E-state index in [4.69, 9.17) is 9.47 Å². The molecular formula is C30H26N2O5. The lowest BCUT2D eigenvalue weighted by Gasteiger charge is -2.27. The van der Waals surface area contributed by atoms with E-state index < -0.39 is 17.5 Å². The zero-order valence-electron chi connectivity index (χ0n) is 20.2. The van der Waals surface area contributed by atoms with Gasteiger partial charge in [-0.05, 0) is 46.5 Å². The monoisotopic (exact) mass is 494 g/mol. The molecule has 0 aromatic heterocycles. The predicted molar refractivity (Wildman–Crippen MR) is 140 cm³/mol. The Kier molecular flexibility index (Phi) is 8.08. The maximum atomic E-state index is 13.1. The molecule has 0 fully saturated rings. The van der Waals surface area contributed by atoms with Gasteiger partial charge in [-0.3, -0.25) is 4.79 Å². The summed E-state index contributed by atoms with van der Waals surface area (Å²) in [6.45, 7) is 0.306. The normalized spacial score (nSPS) is 11.2. The minimum Gasteiger partial charge on any atom is -0.489 e. The van der Waals surface area contributed by atoms with Crippen LogP contribution >= 0.6 is 0 Å². The number of carbonyl (C=O) groups is 2. The zero-order valence-corrected chi connectivity index (χ0v) is 20.2. The first-order chi connectivity index (χ1) is 18.0. The average molecular weight is 495 g/mol. The van der Waals surface area contributed by atoms with Gasteiger partial charge in [-0.2, -0.15) is 5.10 Å². The molecule has 0 heterocycles. The Labute approximate surface area is 215 Å². The van der Waals surface area contributed by atoms with Crippen molar-refractivity contribution in [3.8, 4) is 5.75 Å². The number of rotatable bonds is 9. The maximum Gasteiger partial charge on any atom is 0.337 e. The van der Waals surface area contributed by atoms with Crippen LogP contribution in [0.3, 0.4) is 0 Å². The van der Waals surface area contributed by atoms with Gasteiger partial charge in [0.2, 0.25) is 0 Å². The van der Waals surface area contributed by atoms with Crippen LogP contribution in [0.15, 0.2) is 114 Å². The van der Waals surface area contributed by atoms with Gasteiger partial charge >= 0.3 is 5.97 Å². The molecule has 0 atom stereocenters. The van der Waals surface area contributed by atoms with E-state index in [1.807, 2.05) is 30.3 Å². The van der Waals surface area contributed by atoms with E-state index in [9.17, 15) is 14.7 Å². The smallest absolute Gasteiger partial charge is 0.337 e. The summed E-state index contributed by atoms with van der Waals surface area (Å²) in [6, 6.07) is 31.6. The van der Waals surface area contributed by atoms with Crippen LogP contribution in [0.1, 0.15) is 32.6 Å². The largest absolute Gasteiger partial charge is 0.489 e. The fraction of sp³-hybridized carbons (Fsp3) is 0.100. The molecule has 4 aromatic rings. The highest BCUT2D eigenvalue weighted by Gasteiger charge is 2.39. The van der Waals surface area contributed by atoms with Crippen LogP contribution in [-0.2, 0) is 21.7 Å². The van der Waals surface area contributed by atoms with Gasteiger partial charge in [-0.25, -0.2) is 10.2 Å². The molecular weight excluding hydrogens is 468 g/mol. The van der Waals surface area contributed by atoms with Crippen molar-refractivity contribution in [2.45, 2.75) is 12.2 Å². The lowest BCUT2D eigenvalue weighted by Crippen LogP contribution is -2.43. The Balaban J connectivity index is 1.42. The topological polar surface area (TPSA) is 97.2 Å². The third-order valence-corrected chi connectivity index (χ3v) is 5.73. The molecule has 4 rings (SSSR count). The number of benzene rings is 4. The molecule has 186 valence electrons. The summed E-state index contributed by atoms with van der Waals surface area (Å²) in [6.07, 6.45) is 1.48. The van der Waals surface area contributed by atoms with E-state index in [1.54, 1.807) is 78.9 Å². The minimum absolute atomic E-state index is 0.306. The summed E-state index contributed by atoms with van der Waals surface area (Å²) in [5.74, 6) is -0.459. The number of nitrogens with zero attached hydrogens (tertiary/aromatic N) is 1. The third kappa shape index (κ3) is 6.09. The second kappa shape index (κ2) is 11.8. The third-order valence-electron chi connectivity index (χ3n) is 5.73. The Hall–Kier alpha value is -4.75. The molecule has 0 saturated heterocycles. The first-order valence-electron chi connectivity index (χ1n) is 11.6. The number of nitrogens with one attached hydrogen (secondary N) is 1. The van der Waals surface area contributed by atoms with Crippen molar-refractivity contribution >= 4 is 18.1 Å². The van der Waals surface area contributed by atoms with Gasteiger partial charge < -0.3 is 14.6 Å². The summed E-state index contributed by atoms with van der Waals surface area (Å²) in [4.78, 5) is 24.7. The SMILES string of the molecule is COC(=O)c1ccc(COc2cccc(C=NNC(=O)C(O)(c3ccccc3)c3ccccc3)c2)cc1. The van der Waals surface area contributed by atoms with Gasteiger partial charge in [-0.15, -0.1) is 0 Å². The number of esters is 1. The van der Waals surface area contributed by atoms with E-state index in [1.165, 1.54) is 13.3 Å². The molecule has 4 aromatic carbocycles. The van der Waals surface area contributed by atoms with E-state index in [-0.39, 0.29) is 0 Å². The Morgan fingerprint density at radius 2 is 1.49 bits per heavy atom. The maximum absolute atomic E-state index is 13.1. The van der Waals surface area contributed by atoms with Crippen LogP contribution < -0.4 is 10.2 Å². The van der Waals surface area contributed by atoms with Crippen molar-refractivity contribution in [3.05, 3.63) is 137 Å². The summed E-state index contributed by atoms with van der Waals surface area (Å²) in [5, 5.41) is 15.5. The van der Waals surface area contributed by atoms with Crippen molar-refractivity contribution in [1.82, 2.24) is 5.43 Å². The van der Waals surface area contributed by atoms with Gasteiger partial charge in [0.25, 0.3) is 5.91 Å².